The fourth-order valence-electron chi connectivity index (χ4n) is 3.50. The zero-order valence-electron chi connectivity index (χ0n) is 13.6. The molecule has 2 aliphatic heterocycles. The predicted molar refractivity (Wildman–Crippen MR) is 86.2 cm³/mol. The molecule has 0 aromatic heterocycles. The molecule has 0 unspecified atom stereocenters. The van der Waals surface area contributed by atoms with Crippen LogP contribution in [0, 0.1) is 5.92 Å². The summed E-state index contributed by atoms with van der Waals surface area (Å²) in [7, 11) is 0. The molecule has 3 rings (SSSR count). The number of amides is 1. The second-order valence-corrected chi connectivity index (χ2v) is 6.57. The van der Waals surface area contributed by atoms with Crippen LogP contribution in [0.25, 0.3) is 0 Å². The Morgan fingerprint density at radius 3 is 2.55 bits per heavy atom. The molecule has 2 aliphatic rings. The highest BCUT2D eigenvalue weighted by Gasteiger charge is 2.40. The van der Waals surface area contributed by atoms with E-state index in [0.29, 0.717) is 6.73 Å². The third-order valence-electron chi connectivity index (χ3n) is 5.03. The van der Waals surface area contributed by atoms with Crippen LogP contribution in [-0.4, -0.2) is 47.7 Å². The van der Waals surface area contributed by atoms with Crippen LogP contribution >= 0.6 is 0 Å². The second-order valence-electron chi connectivity index (χ2n) is 6.57. The SMILES string of the molecule is C[C@H]1[C@H](C)OCN(Cc2ccccc2)[C@@H]1C(=O)N1CCCC1. The Morgan fingerprint density at radius 2 is 1.86 bits per heavy atom. The highest BCUT2D eigenvalue weighted by atomic mass is 16.5. The van der Waals surface area contributed by atoms with Crippen molar-refractivity contribution >= 4 is 5.91 Å². The van der Waals surface area contributed by atoms with Crippen molar-refractivity contribution in [1.29, 1.82) is 0 Å². The van der Waals surface area contributed by atoms with Crippen molar-refractivity contribution in [2.24, 2.45) is 5.92 Å². The van der Waals surface area contributed by atoms with Crippen molar-refractivity contribution in [3.8, 4) is 0 Å². The van der Waals surface area contributed by atoms with E-state index in [1.165, 1.54) is 5.56 Å². The largest absolute Gasteiger partial charge is 0.363 e. The van der Waals surface area contributed by atoms with E-state index in [4.69, 9.17) is 4.74 Å². The molecule has 2 fully saturated rings. The maximum absolute atomic E-state index is 13.0. The molecular formula is C18H26N2O2. The summed E-state index contributed by atoms with van der Waals surface area (Å²) in [6, 6.07) is 10.3. The lowest BCUT2D eigenvalue weighted by Gasteiger charge is -2.43. The van der Waals surface area contributed by atoms with Crippen molar-refractivity contribution in [2.75, 3.05) is 19.8 Å². The standard InChI is InChI=1S/C18H26N2O2/c1-14-15(2)22-13-20(12-16-8-4-3-5-9-16)17(14)18(21)19-10-6-7-11-19/h3-5,8-9,14-15,17H,6-7,10-13H2,1-2H3/t14-,15-,17-/m0/s1. The molecular weight excluding hydrogens is 276 g/mol. The average molecular weight is 302 g/mol. The van der Waals surface area contributed by atoms with Crippen molar-refractivity contribution in [2.45, 2.75) is 45.4 Å². The quantitative estimate of drug-likeness (QED) is 0.860. The first kappa shape index (κ1) is 15.5. The summed E-state index contributed by atoms with van der Waals surface area (Å²) in [6.45, 7) is 7.34. The van der Waals surface area contributed by atoms with Gasteiger partial charge in [-0.1, -0.05) is 37.3 Å². The third kappa shape index (κ3) is 3.18. The van der Waals surface area contributed by atoms with E-state index in [1.54, 1.807) is 0 Å². The summed E-state index contributed by atoms with van der Waals surface area (Å²) in [6.07, 6.45) is 2.40. The Bertz CT molecular complexity index is 499. The maximum Gasteiger partial charge on any atom is 0.240 e. The van der Waals surface area contributed by atoms with Crippen LogP contribution in [-0.2, 0) is 16.1 Å². The number of benzene rings is 1. The van der Waals surface area contributed by atoms with Gasteiger partial charge >= 0.3 is 0 Å². The summed E-state index contributed by atoms with van der Waals surface area (Å²) in [4.78, 5) is 17.2. The summed E-state index contributed by atoms with van der Waals surface area (Å²) >= 11 is 0. The van der Waals surface area contributed by atoms with Crippen LogP contribution in [0.1, 0.15) is 32.3 Å². The monoisotopic (exact) mass is 302 g/mol. The minimum atomic E-state index is -0.0675. The first-order valence-electron chi connectivity index (χ1n) is 8.35. The van der Waals surface area contributed by atoms with E-state index >= 15 is 0 Å². The number of nitrogens with zero attached hydrogens (tertiary/aromatic N) is 2. The van der Waals surface area contributed by atoms with Gasteiger partial charge in [0.05, 0.1) is 12.1 Å². The van der Waals surface area contributed by atoms with Gasteiger partial charge in [-0.3, -0.25) is 9.69 Å². The Kier molecular flexibility index (Phi) is 4.79. The Labute approximate surface area is 133 Å². The summed E-state index contributed by atoms with van der Waals surface area (Å²) in [5, 5.41) is 0. The topological polar surface area (TPSA) is 32.8 Å². The Balaban J connectivity index is 1.78. The zero-order valence-corrected chi connectivity index (χ0v) is 13.6. The zero-order chi connectivity index (χ0) is 15.5. The van der Waals surface area contributed by atoms with Gasteiger partial charge < -0.3 is 9.64 Å². The Hall–Kier alpha value is -1.39. The maximum atomic E-state index is 13.0. The second kappa shape index (κ2) is 6.80. The number of rotatable bonds is 3. The van der Waals surface area contributed by atoms with Crippen LogP contribution in [0.3, 0.4) is 0 Å². The summed E-state index contributed by atoms with van der Waals surface area (Å²) in [5.74, 6) is 0.502. The van der Waals surface area contributed by atoms with Crippen LogP contribution in [0.15, 0.2) is 30.3 Å². The van der Waals surface area contributed by atoms with Crippen LogP contribution < -0.4 is 0 Å². The minimum Gasteiger partial charge on any atom is -0.363 e. The number of likely N-dealkylation sites (tertiary alicyclic amines) is 1. The molecule has 1 amide bonds. The Morgan fingerprint density at radius 1 is 1.18 bits per heavy atom. The van der Waals surface area contributed by atoms with E-state index in [2.05, 4.69) is 30.9 Å². The molecule has 2 saturated heterocycles. The number of hydrogen-bond acceptors (Lipinski definition) is 3. The van der Waals surface area contributed by atoms with E-state index in [-0.39, 0.29) is 24.0 Å². The number of carbonyl (C=O) groups excluding carboxylic acids is 1. The van der Waals surface area contributed by atoms with Gasteiger partial charge in [0.15, 0.2) is 0 Å². The number of ether oxygens (including phenoxy) is 1. The van der Waals surface area contributed by atoms with Gasteiger partial charge in [-0.05, 0) is 25.3 Å². The lowest BCUT2D eigenvalue weighted by molar-refractivity contribution is -0.162. The van der Waals surface area contributed by atoms with Gasteiger partial charge in [-0.15, -0.1) is 0 Å². The van der Waals surface area contributed by atoms with Crippen molar-refractivity contribution in [3.05, 3.63) is 35.9 Å². The number of hydrogen-bond donors (Lipinski definition) is 0. The fourth-order valence-corrected chi connectivity index (χ4v) is 3.50. The predicted octanol–water partition coefficient (Wildman–Crippen LogP) is 2.49. The van der Waals surface area contributed by atoms with Gasteiger partial charge in [0.2, 0.25) is 5.91 Å². The smallest absolute Gasteiger partial charge is 0.240 e. The molecule has 2 heterocycles. The van der Waals surface area contributed by atoms with E-state index in [1.807, 2.05) is 23.1 Å². The van der Waals surface area contributed by atoms with Gasteiger partial charge in [0.25, 0.3) is 0 Å². The number of carbonyl (C=O) groups is 1. The van der Waals surface area contributed by atoms with E-state index < -0.39 is 0 Å². The fraction of sp³-hybridized carbons (Fsp3) is 0.611. The van der Waals surface area contributed by atoms with E-state index in [9.17, 15) is 4.79 Å². The first-order chi connectivity index (χ1) is 10.7. The molecule has 0 aliphatic carbocycles. The molecule has 1 aromatic rings. The minimum absolute atomic E-state index is 0.0675. The lowest BCUT2D eigenvalue weighted by atomic mass is 9.92. The van der Waals surface area contributed by atoms with E-state index in [0.717, 1.165) is 32.5 Å². The highest BCUT2D eigenvalue weighted by Crippen LogP contribution is 2.27. The first-order valence-corrected chi connectivity index (χ1v) is 8.35. The molecule has 3 atom stereocenters. The molecule has 0 saturated carbocycles. The summed E-state index contributed by atoms with van der Waals surface area (Å²) in [5.41, 5.74) is 1.23. The highest BCUT2D eigenvalue weighted by molar-refractivity contribution is 5.82. The van der Waals surface area contributed by atoms with Gasteiger partial charge in [-0.25, -0.2) is 0 Å². The van der Waals surface area contributed by atoms with Gasteiger partial charge in [0.1, 0.15) is 6.73 Å². The van der Waals surface area contributed by atoms with Crippen molar-refractivity contribution in [3.63, 3.8) is 0 Å². The van der Waals surface area contributed by atoms with Crippen LogP contribution in [0.5, 0.6) is 0 Å². The normalized spacial score (nSPS) is 29.7. The molecule has 22 heavy (non-hydrogen) atoms. The molecule has 0 bridgehead atoms. The molecule has 0 radical (unpaired) electrons. The van der Waals surface area contributed by atoms with Crippen molar-refractivity contribution < 1.29 is 9.53 Å². The van der Waals surface area contributed by atoms with Gasteiger partial charge in [0, 0.05) is 25.6 Å². The van der Waals surface area contributed by atoms with Crippen molar-refractivity contribution in [1.82, 2.24) is 9.80 Å². The van der Waals surface area contributed by atoms with Crippen LogP contribution in [0.2, 0.25) is 0 Å². The van der Waals surface area contributed by atoms with Crippen LogP contribution in [0.4, 0.5) is 0 Å². The molecule has 120 valence electrons. The third-order valence-corrected chi connectivity index (χ3v) is 5.03. The molecule has 4 heteroatoms. The molecule has 0 N–H and O–H groups in total. The molecule has 4 nitrogen and oxygen atoms in total. The summed E-state index contributed by atoms with van der Waals surface area (Å²) < 4.78 is 5.87. The molecule has 1 aromatic carbocycles. The molecule has 0 spiro atoms. The van der Waals surface area contributed by atoms with Gasteiger partial charge in [-0.2, -0.15) is 0 Å². The average Bonchev–Trinajstić information content (AvgIpc) is 3.06. The lowest BCUT2D eigenvalue weighted by Crippen LogP contribution is -2.57.